The van der Waals surface area contributed by atoms with Gasteiger partial charge >= 0.3 is 7.60 Å². The first-order valence-corrected chi connectivity index (χ1v) is 9.82. The molecule has 0 amide bonds. The zero-order valence-electron chi connectivity index (χ0n) is 14.6. The van der Waals surface area contributed by atoms with Crippen molar-refractivity contribution in [2.45, 2.75) is 40.0 Å². The molecular weight excluding hydrogens is 323 g/mol. The van der Waals surface area contributed by atoms with Crippen molar-refractivity contribution >= 4 is 7.60 Å². The van der Waals surface area contributed by atoms with Gasteiger partial charge < -0.3 is 14.5 Å². The largest absolute Gasteiger partial charge is 0.481 e. The first-order chi connectivity index (χ1) is 11.2. The normalized spacial score (nSPS) is 11.8. The molecule has 5 heteroatoms. The van der Waals surface area contributed by atoms with E-state index < -0.39 is 13.9 Å². The number of hydrogen-bond acceptors (Lipinski definition) is 2. The topological polar surface area (TPSA) is 66.8 Å². The third-order valence-electron chi connectivity index (χ3n) is 4.07. The van der Waals surface area contributed by atoms with Crippen LogP contribution in [0.25, 0.3) is 0 Å². The average molecular weight is 348 g/mol. The van der Waals surface area contributed by atoms with Crippen LogP contribution in [0.3, 0.4) is 0 Å². The Kier molecular flexibility index (Phi) is 5.87. The molecule has 2 rings (SSSR count). The molecule has 0 atom stereocenters. The van der Waals surface area contributed by atoms with Crippen LogP contribution in [-0.2, 0) is 11.0 Å². The molecule has 0 saturated carbocycles. The number of aryl methyl sites for hydroxylation is 2. The van der Waals surface area contributed by atoms with Gasteiger partial charge in [-0.05, 0) is 66.1 Å². The molecule has 0 heterocycles. The predicted octanol–water partition coefficient (Wildman–Crippen LogP) is 4.53. The molecule has 0 spiro atoms. The van der Waals surface area contributed by atoms with Crippen molar-refractivity contribution in [1.82, 2.24) is 0 Å². The van der Waals surface area contributed by atoms with Gasteiger partial charge in [0.2, 0.25) is 0 Å². The van der Waals surface area contributed by atoms with Gasteiger partial charge in [0.05, 0.1) is 0 Å². The molecule has 0 radical (unpaired) electrons. The molecule has 2 N–H and O–H groups in total. The van der Waals surface area contributed by atoms with E-state index in [1.807, 2.05) is 26.0 Å². The van der Waals surface area contributed by atoms with E-state index in [1.165, 1.54) is 16.7 Å². The Bertz CT molecular complexity index is 739. The molecule has 130 valence electrons. The molecular formula is C19H25O4P. The van der Waals surface area contributed by atoms with Crippen LogP contribution in [0.5, 0.6) is 5.75 Å². The van der Waals surface area contributed by atoms with Gasteiger partial charge in [0.1, 0.15) is 5.75 Å². The SMILES string of the molecule is Cc1cc(OCP(=O)(O)O)cc(C)c1Cc1cccc(C(C)C)c1. The summed E-state index contributed by atoms with van der Waals surface area (Å²) in [5.41, 5.74) is 5.93. The minimum atomic E-state index is -4.17. The highest BCUT2D eigenvalue weighted by Gasteiger charge is 2.15. The summed E-state index contributed by atoms with van der Waals surface area (Å²) in [5.74, 6) is 0.989. The van der Waals surface area contributed by atoms with E-state index in [0.29, 0.717) is 11.7 Å². The zero-order valence-corrected chi connectivity index (χ0v) is 15.5. The molecule has 24 heavy (non-hydrogen) atoms. The summed E-state index contributed by atoms with van der Waals surface area (Å²) in [5, 5.41) is 0. The van der Waals surface area contributed by atoms with Crippen molar-refractivity contribution in [3.05, 3.63) is 64.2 Å². The Morgan fingerprint density at radius 1 is 1.08 bits per heavy atom. The number of ether oxygens (including phenoxy) is 1. The smallest absolute Gasteiger partial charge is 0.362 e. The van der Waals surface area contributed by atoms with Crippen molar-refractivity contribution in [3.63, 3.8) is 0 Å². The third kappa shape index (κ3) is 5.20. The van der Waals surface area contributed by atoms with E-state index >= 15 is 0 Å². The molecule has 2 aromatic carbocycles. The van der Waals surface area contributed by atoms with Gasteiger partial charge in [0.15, 0.2) is 6.35 Å². The summed E-state index contributed by atoms with van der Waals surface area (Å²) < 4.78 is 16.2. The fourth-order valence-electron chi connectivity index (χ4n) is 2.74. The second-order valence-electron chi connectivity index (χ2n) is 6.55. The molecule has 0 aliphatic rings. The van der Waals surface area contributed by atoms with Gasteiger partial charge in [-0.15, -0.1) is 0 Å². The lowest BCUT2D eigenvalue weighted by Gasteiger charge is -2.15. The van der Waals surface area contributed by atoms with Crippen LogP contribution in [0, 0.1) is 13.8 Å². The fourth-order valence-corrected chi connectivity index (χ4v) is 3.06. The Balaban J connectivity index is 2.22. The second kappa shape index (κ2) is 7.52. The summed E-state index contributed by atoms with van der Waals surface area (Å²) >= 11 is 0. The van der Waals surface area contributed by atoms with E-state index in [9.17, 15) is 4.57 Å². The van der Waals surface area contributed by atoms with Gasteiger partial charge in [-0.25, -0.2) is 0 Å². The van der Waals surface area contributed by atoms with E-state index in [-0.39, 0.29) is 0 Å². The van der Waals surface area contributed by atoms with Crippen LogP contribution in [0.15, 0.2) is 36.4 Å². The van der Waals surface area contributed by atoms with Crippen LogP contribution in [0.4, 0.5) is 0 Å². The Labute approximate surface area is 143 Å². The van der Waals surface area contributed by atoms with E-state index in [1.54, 1.807) is 0 Å². The van der Waals surface area contributed by atoms with Gasteiger partial charge in [0, 0.05) is 0 Å². The van der Waals surface area contributed by atoms with Crippen LogP contribution in [0.2, 0.25) is 0 Å². The van der Waals surface area contributed by atoms with E-state index in [4.69, 9.17) is 14.5 Å². The van der Waals surface area contributed by atoms with Gasteiger partial charge in [-0.3, -0.25) is 4.57 Å². The minimum Gasteiger partial charge on any atom is -0.481 e. The maximum Gasteiger partial charge on any atom is 0.362 e. The molecule has 2 aromatic rings. The summed E-state index contributed by atoms with van der Waals surface area (Å²) in [6.07, 6.45) is 0.235. The standard InChI is InChI=1S/C19H25O4P/c1-13(2)17-7-5-6-16(10-17)11-19-14(3)8-18(9-15(19)4)23-12-24(20,21)22/h5-10,13H,11-12H2,1-4H3,(H2,20,21,22). The molecule has 0 fully saturated rings. The maximum atomic E-state index is 10.9. The molecule has 0 saturated heterocycles. The van der Waals surface area contributed by atoms with Crippen molar-refractivity contribution < 1.29 is 19.1 Å². The number of rotatable bonds is 6. The monoisotopic (exact) mass is 348 g/mol. The summed E-state index contributed by atoms with van der Waals surface area (Å²) in [4.78, 5) is 17.8. The van der Waals surface area contributed by atoms with Crippen molar-refractivity contribution in [2.75, 3.05) is 6.35 Å². The molecule has 0 aliphatic carbocycles. The van der Waals surface area contributed by atoms with E-state index in [0.717, 1.165) is 17.5 Å². The summed E-state index contributed by atoms with van der Waals surface area (Å²) in [6.45, 7) is 8.36. The molecule has 0 aromatic heterocycles. The lowest BCUT2D eigenvalue weighted by Crippen LogP contribution is -2.02. The lowest BCUT2D eigenvalue weighted by atomic mass is 9.93. The third-order valence-corrected chi connectivity index (χ3v) is 4.53. The number of benzene rings is 2. The van der Waals surface area contributed by atoms with Crippen LogP contribution in [0.1, 0.15) is 47.6 Å². The van der Waals surface area contributed by atoms with Crippen molar-refractivity contribution in [3.8, 4) is 5.75 Å². The lowest BCUT2D eigenvalue weighted by molar-refractivity contribution is 0.300. The molecule has 0 unspecified atom stereocenters. The minimum absolute atomic E-state index is 0.494. The van der Waals surface area contributed by atoms with E-state index in [2.05, 4.69) is 38.1 Å². The highest BCUT2D eigenvalue weighted by molar-refractivity contribution is 7.51. The van der Waals surface area contributed by atoms with Crippen LogP contribution < -0.4 is 4.74 Å². The molecule has 0 bridgehead atoms. The maximum absolute atomic E-state index is 10.9. The summed E-state index contributed by atoms with van der Waals surface area (Å²) in [7, 11) is -4.17. The summed E-state index contributed by atoms with van der Waals surface area (Å²) in [6, 6.07) is 12.3. The first-order valence-electron chi connectivity index (χ1n) is 8.02. The Morgan fingerprint density at radius 3 is 2.25 bits per heavy atom. The quantitative estimate of drug-likeness (QED) is 0.753. The van der Waals surface area contributed by atoms with Crippen molar-refractivity contribution in [1.29, 1.82) is 0 Å². The first kappa shape index (κ1) is 18.7. The van der Waals surface area contributed by atoms with Gasteiger partial charge in [0.25, 0.3) is 0 Å². The Morgan fingerprint density at radius 2 is 1.71 bits per heavy atom. The van der Waals surface area contributed by atoms with Gasteiger partial charge in [-0.2, -0.15) is 0 Å². The highest BCUT2D eigenvalue weighted by atomic mass is 31.2. The molecule has 0 aliphatic heterocycles. The fraction of sp³-hybridized carbons (Fsp3) is 0.368. The van der Waals surface area contributed by atoms with Crippen LogP contribution >= 0.6 is 7.60 Å². The second-order valence-corrected chi connectivity index (χ2v) is 8.14. The van der Waals surface area contributed by atoms with Gasteiger partial charge in [-0.1, -0.05) is 38.1 Å². The Hall–Kier alpha value is -1.61. The molecule has 4 nitrogen and oxygen atoms in total. The van der Waals surface area contributed by atoms with Crippen molar-refractivity contribution in [2.24, 2.45) is 0 Å². The zero-order chi connectivity index (χ0) is 17.9. The van der Waals surface area contributed by atoms with Crippen LogP contribution in [-0.4, -0.2) is 16.1 Å². The predicted molar refractivity (Wildman–Crippen MR) is 96.8 cm³/mol. The average Bonchev–Trinajstić information content (AvgIpc) is 2.48. The highest BCUT2D eigenvalue weighted by Crippen LogP contribution is 2.35. The number of hydrogen-bond donors (Lipinski definition) is 2.